The van der Waals surface area contributed by atoms with Gasteiger partial charge in [0.2, 0.25) is 5.91 Å². The van der Waals surface area contributed by atoms with Crippen molar-refractivity contribution in [1.82, 2.24) is 0 Å². The average Bonchev–Trinajstić information content (AvgIpc) is 2.21. The summed E-state index contributed by atoms with van der Waals surface area (Å²) in [6, 6.07) is 0. The Hall–Kier alpha value is -1.26. The van der Waals surface area contributed by atoms with E-state index in [4.69, 9.17) is 16.2 Å². The minimum atomic E-state index is -0.789. The van der Waals surface area contributed by atoms with Crippen LogP contribution in [0.5, 0.6) is 0 Å². The average molecular weight is 238 g/mol. The highest BCUT2D eigenvalue weighted by molar-refractivity contribution is 5.82. The van der Waals surface area contributed by atoms with Crippen molar-refractivity contribution < 1.29 is 14.3 Å². The summed E-state index contributed by atoms with van der Waals surface area (Å²) in [5.41, 5.74) is 10.1. The van der Waals surface area contributed by atoms with Gasteiger partial charge < -0.3 is 16.2 Å². The Kier molecular flexibility index (Phi) is 2.15. The first kappa shape index (κ1) is 10.9. The molecular formula is C12H18N2O3. The van der Waals surface area contributed by atoms with Gasteiger partial charge in [-0.2, -0.15) is 0 Å². The minimum Gasteiger partial charge on any atom is -0.445 e. The van der Waals surface area contributed by atoms with Crippen LogP contribution in [0.2, 0.25) is 0 Å². The maximum Gasteiger partial charge on any atom is 0.404 e. The van der Waals surface area contributed by atoms with E-state index >= 15 is 0 Å². The lowest BCUT2D eigenvalue weighted by molar-refractivity contribution is -0.173. The molecule has 94 valence electrons. The van der Waals surface area contributed by atoms with Gasteiger partial charge in [-0.05, 0) is 49.9 Å². The monoisotopic (exact) mass is 238 g/mol. The molecule has 0 heterocycles. The largest absolute Gasteiger partial charge is 0.445 e. The van der Waals surface area contributed by atoms with Gasteiger partial charge in [-0.15, -0.1) is 0 Å². The fraction of sp³-hybridized carbons (Fsp3) is 0.833. The lowest BCUT2D eigenvalue weighted by Gasteiger charge is -2.58. The van der Waals surface area contributed by atoms with Crippen LogP contribution in [-0.2, 0) is 9.53 Å². The summed E-state index contributed by atoms with van der Waals surface area (Å²) >= 11 is 0. The molecule has 0 aromatic carbocycles. The fourth-order valence-electron chi connectivity index (χ4n) is 4.67. The Morgan fingerprint density at radius 1 is 1.06 bits per heavy atom. The van der Waals surface area contributed by atoms with E-state index in [0.717, 1.165) is 25.7 Å². The third-order valence-corrected chi connectivity index (χ3v) is 4.95. The normalized spacial score (nSPS) is 46.8. The highest BCUT2D eigenvalue weighted by atomic mass is 16.6. The first-order valence-corrected chi connectivity index (χ1v) is 6.27. The zero-order chi connectivity index (χ0) is 12.2. The molecule has 2 unspecified atom stereocenters. The van der Waals surface area contributed by atoms with E-state index in [-0.39, 0.29) is 17.9 Å². The molecule has 4 fully saturated rings. The fourth-order valence-corrected chi connectivity index (χ4v) is 4.67. The molecule has 4 aliphatic rings. The van der Waals surface area contributed by atoms with Gasteiger partial charge in [0.25, 0.3) is 0 Å². The number of primary amides is 2. The van der Waals surface area contributed by atoms with E-state index in [1.165, 1.54) is 6.42 Å². The van der Waals surface area contributed by atoms with Gasteiger partial charge >= 0.3 is 6.09 Å². The van der Waals surface area contributed by atoms with Gasteiger partial charge in [-0.1, -0.05) is 0 Å². The summed E-state index contributed by atoms with van der Waals surface area (Å²) < 4.78 is 5.23. The second kappa shape index (κ2) is 3.37. The molecule has 5 nitrogen and oxygen atoms in total. The smallest absolute Gasteiger partial charge is 0.404 e. The lowest BCUT2D eigenvalue weighted by atomic mass is 9.48. The molecule has 0 radical (unpaired) electrons. The Morgan fingerprint density at radius 2 is 1.65 bits per heavy atom. The number of rotatable bonds is 2. The SMILES string of the molecule is NC(=O)O[C@H]1C2CC3CC(C2)CC1(C(N)=O)C3. The molecule has 0 aromatic heterocycles. The molecule has 3 atom stereocenters. The molecule has 4 saturated carbocycles. The number of carbonyl (C=O) groups excluding carboxylic acids is 2. The molecule has 0 spiro atoms. The van der Waals surface area contributed by atoms with Gasteiger partial charge in [0.1, 0.15) is 6.10 Å². The van der Waals surface area contributed by atoms with Crippen LogP contribution in [0.4, 0.5) is 4.79 Å². The molecule has 0 aromatic rings. The summed E-state index contributed by atoms with van der Waals surface area (Å²) in [5.74, 6) is 1.12. The maximum atomic E-state index is 11.8. The molecule has 4 bridgehead atoms. The van der Waals surface area contributed by atoms with Crippen LogP contribution < -0.4 is 11.5 Å². The van der Waals surface area contributed by atoms with Crippen LogP contribution in [0.1, 0.15) is 32.1 Å². The lowest BCUT2D eigenvalue weighted by Crippen LogP contribution is -2.62. The van der Waals surface area contributed by atoms with Crippen molar-refractivity contribution in [2.24, 2.45) is 34.6 Å². The van der Waals surface area contributed by atoms with Gasteiger partial charge in [-0.3, -0.25) is 4.79 Å². The van der Waals surface area contributed by atoms with Crippen molar-refractivity contribution in [3.05, 3.63) is 0 Å². The van der Waals surface area contributed by atoms with E-state index in [1.807, 2.05) is 0 Å². The minimum absolute atomic E-state index is 0.279. The van der Waals surface area contributed by atoms with Gasteiger partial charge in [0, 0.05) is 0 Å². The van der Waals surface area contributed by atoms with E-state index in [9.17, 15) is 9.59 Å². The van der Waals surface area contributed by atoms with Crippen LogP contribution in [0, 0.1) is 23.2 Å². The summed E-state index contributed by atoms with van der Waals surface area (Å²) in [7, 11) is 0. The van der Waals surface area contributed by atoms with Gasteiger partial charge in [0.05, 0.1) is 5.41 Å². The van der Waals surface area contributed by atoms with E-state index < -0.39 is 11.5 Å². The molecule has 17 heavy (non-hydrogen) atoms. The highest BCUT2D eigenvalue weighted by Gasteiger charge is 2.61. The Labute approximate surface area is 99.9 Å². The van der Waals surface area contributed by atoms with Crippen molar-refractivity contribution in [2.75, 3.05) is 0 Å². The zero-order valence-electron chi connectivity index (χ0n) is 9.72. The Bertz CT molecular complexity index is 368. The first-order valence-electron chi connectivity index (χ1n) is 6.27. The Morgan fingerprint density at radius 3 is 2.12 bits per heavy atom. The van der Waals surface area contributed by atoms with Crippen molar-refractivity contribution in [3.63, 3.8) is 0 Å². The Balaban J connectivity index is 1.96. The highest BCUT2D eigenvalue weighted by Crippen LogP contribution is 2.60. The van der Waals surface area contributed by atoms with Crippen LogP contribution in [-0.4, -0.2) is 18.1 Å². The molecule has 2 amide bonds. The third-order valence-electron chi connectivity index (χ3n) is 4.95. The number of hydrogen-bond donors (Lipinski definition) is 2. The number of ether oxygens (including phenoxy) is 1. The molecule has 4 aliphatic carbocycles. The molecule has 0 saturated heterocycles. The molecule has 4 N–H and O–H groups in total. The second-order valence-corrected chi connectivity index (χ2v) is 5.99. The van der Waals surface area contributed by atoms with Gasteiger partial charge in [-0.25, -0.2) is 4.79 Å². The van der Waals surface area contributed by atoms with Crippen LogP contribution in [0.25, 0.3) is 0 Å². The second-order valence-electron chi connectivity index (χ2n) is 5.99. The topological polar surface area (TPSA) is 95.4 Å². The van der Waals surface area contributed by atoms with Crippen molar-refractivity contribution in [3.8, 4) is 0 Å². The van der Waals surface area contributed by atoms with E-state index in [0.29, 0.717) is 11.8 Å². The predicted octanol–water partition coefficient (Wildman–Crippen LogP) is 0.762. The van der Waals surface area contributed by atoms with Crippen LogP contribution in [0.3, 0.4) is 0 Å². The molecule has 5 heteroatoms. The van der Waals surface area contributed by atoms with Crippen molar-refractivity contribution >= 4 is 12.0 Å². The van der Waals surface area contributed by atoms with Crippen LogP contribution in [0.15, 0.2) is 0 Å². The third kappa shape index (κ3) is 1.44. The number of nitrogens with two attached hydrogens (primary N) is 2. The maximum absolute atomic E-state index is 11.8. The molecule has 0 aliphatic heterocycles. The summed E-state index contributed by atoms with van der Waals surface area (Å²) in [4.78, 5) is 22.8. The van der Waals surface area contributed by atoms with Crippen molar-refractivity contribution in [2.45, 2.75) is 38.2 Å². The zero-order valence-corrected chi connectivity index (χ0v) is 9.72. The standard InChI is InChI=1S/C12H18N2O3/c13-10(15)12-4-6-1-7(5-12)3-8(2-6)9(12)17-11(14)16/h6-9H,1-5H2,(H2,13,15)(H2,14,16)/t6?,7?,8?,9-,12?/m0/s1. The summed E-state index contributed by atoms with van der Waals surface area (Å²) in [5, 5.41) is 0. The summed E-state index contributed by atoms with van der Waals surface area (Å²) in [6.45, 7) is 0. The van der Waals surface area contributed by atoms with Crippen LogP contribution >= 0.6 is 0 Å². The quantitative estimate of drug-likeness (QED) is 0.743. The van der Waals surface area contributed by atoms with E-state index in [1.54, 1.807) is 0 Å². The summed E-state index contributed by atoms with van der Waals surface area (Å²) in [6.07, 6.45) is 3.66. The first-order chi connectivity index (χ1) is 8.01. The predicted molar refractivity (Wildman–Crippen MR) is 59.6 cm³/mol. The number of hydrogen-bond acceptors (Lipinski definition) is 3. The molecule has 4 rings (SSSR count). The van der Waals surface area contributed by atoms with Crippen molar-refractivity contribution in [1.29, 1.82) is 0 Å². The van der Waals surface area contributed by atoms with Gasteiger partial charge in [0.15, 0.2) is 0 Å². The molecular weight excluding hydrogens is 220 g/mol. The van der Waals surface area contributed by atoms with E-state index in [2.05, 4.69) is 0 Å². The number of amides is 2. The number of carbonyl (C=O) groups is 2.